The lowest BCUT2D eigenvalue weighted by Crippen LogP contribution is -2.39. The van der Waals surface area contributed by atoms with E-state index in [1.807, 2.05) is 11.0 Å². The Morgan fingerprint density at radius 3 is 2.70 bits per heavy atom. The predicted octanol–water partition coefficient (Wildman–Crippen LogP) is 4.59. The Labute approximate surface area is 133 Å². The number of rotatable bonds is 2. The van der Waals surface area contributed by atoms with Gasteiger partial charge in [-0.15, -0.1) is 11.3 Å². The second-order valence-electron chi connectivity index (χ2n) is 5.29. The zero-order chi connectivity index (χ0) is 14.1. The Hall–Kier alpha value is -0.650. The highest BCUT2D eigenvalue weighted by atomic mass is 32.2. The summed E-state index contributed by atoms with van der Waals surface area (Å²) in [6, 6.07) is 4.47. The molecular weight excluding hydrogens is 306 g/mol. The fourth-order valence-corrected chi connectivity index (χ4v) is 5.08. The minimum absolute atomic E-state index is 0.109. The van der Waals surface area contributed by atoms with Crippen LogP contribution >= 0.6 is 35.3 Å². The van der Waals surface area contributed by atoms with Crippen LogP contribution in [0.3, 0.4) is 0 Å². The molecule has 0 N–H and O–H groups in total. The standard InChI is InChI=1S/C15H17NOS3/c1-10-7-8-12(19-10)9-13-14(17)16(15(18)20-13)11-5-3-2-4-6-11/h7-9,11H,2-6H2,1H3/b13-9+. The van der Waals surface area contributed by atoms with E-state index in [1.54, 1.807) is 11.3 Å². The van der Waals surface area contributed by atoms with Crippen molar-refractivity contribution >= 4 is 51.6 Å². The Morgan fingerprint density at radius 2 is 2.05 bits per heavy atom. The van der Waals surface area contributed by atoms with E-state index in [9.17, 15) is 4.79 Å². The first-order valence-corrected chi connectivity index (χ1v) is 9.03. The van der Waals surface area contributed by atoms with Gasteiger partial charge >= 0.3 is 0 Å². The first-order valence-electron chi connectivity index (χ1n) is 6.98. The van der Waals surface area contributed by atoms with Gasteiger partial charge in [0, 0.05) is 15.8 Å². The van der Waals surface area contributed by atoms with Crippen molar-refractivity contribution in [3.05, 3.63) is 26.8 Å². The Kier molecular flexibility index (Phi) is 4.29. The molecule has 3 rings (SSSR count). The summed E-state index contributed by atoms with van der Waals surface area (Å²) in [7, 11) is 0. The van der Waals surface area contributed by atoms with Gasteiger partial charge in [0.05, 0.1) is 4.91 Å². The lowest BCUT2D eigenvalue weighted by atomic mass is 9.94. The minimum atomic E-state index is 0.109. The number of thiophene rings is 1. The van der Waals surface area contributed by atoms with Gasteiger partial charge in [-0.3, -0.25) is 9.69 Å². The monoisotopic (exact) mass is 323 g/mol. The van der Waals surface area contributed by atoms with Crippen molar-refractivity contribution in [2.75, 3.05) is 0 Å². The van der Waals surface area contributed by atoms with E-state index < -0.39 is 0 Å². The van der Waals surface area contributed by atoms with Crippen molar-refractivity contribution in [1.29, 1.82) is 0 Å². The Balaban J connectivity index is 1.81. The van der Waals surface area contributed by atoms with Crippen LogP contribution in [0.1, 0.15) is 41.9 Å². The van der Waals surface area contributed by atoms with Crippen molar-refractivity contribution in [3.63, 3.8) is 0 Å². The van der Waals surface area contributed by atoms with E-state index in [0.717, 1.165) is 26.9 Å². The quantitative estimate of drug-likeness (QED) is 0.586. The first-order chi connectivity index (χ1) is 9.65. The van der Waals surface area contributed by atoms with Gasteiger partial charge in [-0.1, -0.05) is 43.2 Å². The van der Waals surface area contributed by atoms with Gasteiger partial charge in [0.25, 0.3) is 5.91 Å². The molecule has 0 bridgehead atoms. The molecule has 1 amide bonds. The molecule has 2 heterocycles. The number of hydrogen-bond acceptors (Lipinski definition) is 4. The van der Waals surface area contributed by atoms with Gasteiger partial charge in [0.1, 0.15) is 4.32 Å². The van der Waals surface area contributed by atoms with Crippen molar-refractivity contribution in [2.45, 2.75) is 45.1 Å². The lowest BCUT2D eigenvalue weighted by molar-refractivity contribution is -0.124. The average Bonchev–Trinajstić information content (AvgIpc) is 2.96. The summed E-state index contributed by atoms with van der Waals surface area (Å²) in [4.78, 5) is 17.6. The highest BCUT2D eigenvalue weighted by molar-refractivity contribution is 8.26. The van der Waals surface area contributed by atoms with Crippen LogP contribution in [0.4, 0.5) is 0 Å². The third kappa shape index (κ3) is 2.85. The lowest BCUT2D eigenvalue weighted by Gasteiger charge is -2.29. The van der Waals surface area contributed by atoms with Crippen LogP contribution in [-0.4, -0.2) is 21.2 Å². The first kappa shape index (κ1) is 14.3. The van der Waals surface area contributed by atoms with Crippen molar-refractivity contribution in [2.24, 2.45) is 0 Å². The molecule has 1 saturated heterocycles. The van der Waals surface area contributed by atoms with Crippen LogP contribution < -0.4 is 0 Å². The third-order valence-corrected chi connectivity index (χ3v) is 6.08. The molecule has 2 aliphatic rings. The molecular formula is C15H17NOS3. The van der Waals surface area contributed by atoms with Crippen LogP contribution in [-0.2, 0) is 4.79 Å². The summed E-state index contributed by atoms with van der Waals surface area (Å²) in [5.74, 6) is 0.109. The fourth-order valence-electron chi connectivity index (χ4n) is 2.79. The maximum Gasteiger partial charge on any atom is 0.266 e. The number of carbonyl (C=O) groups is 1. The smallest absolute Gasteiger partial charge is 0.266 e. The molecule has 2 fully saturated rings. The molecule has 2 nitrogen and oxygen atoms in total. The molecule has 1 aromatic heterocycles. The van der Waals surface area contributed by atoms with E-state index in [2.05, 4.69) is 19.1 Å². The highest BCUT2D eigenvalue weighted by Crippen LogP contribution is 2.37. The fraction of sp³-hybridized carbons (Fsp3) is 0.467. The number of nitrogens with zero attached hydrogens (tertiary/aromatic N) is 1. The van der Waals surface area contributed by atoms with Crippen molar-refractivity contribution < 1.29 is 4.79 Å². The molecule has 0 atom stereocenters. The van der Waals surface area contributed by atoms with E-state index in [1.165, 1.54) is 35.9 Å². The van der Waals surface area contributed by atoms with Gasteiger partial charge in [-0.25, -0.2) is 0 Å². The maximum absolute atomic E-state index is 12.6. The Bertz CT molecular complexity index is 569. The molecule has 1 aliphatic carbocycles. The normalized spacial score (nSPS) is 23.1. The largest absolute Gasteiger partial charge is 0.290 e. The summed E-state index contributed by atoms with van der Waals surface area (Å²) < 4.78 is 0.737. The summed E-state index contributed by atoms with van der Waals surface area (Å²) in [5, 5.41) is 0. The number of carbonyl (C=O) groups excluding carboxylic acids is 1. The average molecular weight is 324 g/mol. The summed E-state index contributed by atoms with van der Waals surface area (Å²) in [6.45, 7) is 2.08. The molecule has 0 unspecified atom stereocenters. The molecule has 1 aliphatic heterocycles. The zero-order valence-electron chi connectivity index (χ0n) is 11.4. The van der Waals surface area contributed by atoms with E-state index in [4.69, 9.17) is 12.2 Å². The molecule has 1 aromatic rings. The second kappa shape index (κ2) is 6.00. The summed E-state index contributed by atoms with van der Waals surface area (Å²) in [6.07, 6.45) is 7.89. The molecule has 0 spiro atoms. The van der Waals surface area contributed by atoms with Crippen molar-refractivity contribution in [1.82, 2.24) is 4.90 Å². The minimum Gasteiger partial charge on any atom is -0.290 e. The number of aryl methyl sites for hydroxylation is 1. The third-order valence-electron chi connectivity index (χ3n) is 3.80. The summed E-state index contributed by atoms with van der Waals surface area (Å²) in [5.41, 5.74) is 0. The Morgan fingerprint density at radius 1 is 1.30 bits per heavy atom. The zero-order valence-corrected chi connectivity index (χ0v) is 13.9. The maximum atomic E-state index is 12.6. The van der Waals surface area contributed by atoms with Gasteiger partial charge < -0.3 is 0 Å². The van der Waals surface area contributed by atoms with Crippen LogP contribution in [0.2, 0.25) is 0 Å². The summed E-state index contributed by atoms with van der Waals surface area (Å²) >= 11 is 8.59. The van der Waals surface area contributed by atoms with Gasteiger partial charge in [0.15, 0.2) is 0 Å². The second-order valence-corrected chi connectivity index (χ2v) is 8.29. The van der Waals surface area contributed by atoms with Crippen LogP contribution in [0.25, 0.3) is 6.08 Å². The van der Waals surface area contributed by atoms with Gasteiger partial charge in [0.2, 0.25) is 0 Å². The van der Waals surface area contributed by atoms with Gasteiger partial charge in [-0.2, -0.15) is 0 Å². The molecule has 0 radical (unpaired) electrons. The molecule has 0 aromatic carbocycles. The highest BCUT2D eigenvalue weighted by Gasteiger charge is 2.37. The SMILES string of the molecule is Cc1ccc(/C=C2/SC(=S)N(C3CCCCC3)C2=O)s1. The molecule has 106 valence electrons. The van der Waals surface area contributed by atoms with Crippen molar-refractivity contribution in [3.8, 4) is 0 Å². The van der Waals surface area contributed by atoms with Crippen LogP contribution in [0.5, 0.6) is 0 Å². The van der Waals surface area contributed by atoms with Gasteiger partial charge in [-0.05, 0) is 38.0 Å². The molecule has 20 heavy (non-hydrogen) atoms. The topological polar surface area (TPSA) is 20.3 Å². The number of hydrogen-bond donors (Lipinski definition) is 0. The van der Waals surface area contributed by atoms with E-state index in [-0.39, 0.29) is 5.91 Å². The van der Waals surface area contributed by atoms with Crippen LogP contribution in [0.15, 0.2) is 17.0 Å². The van der Waals surface area contributed by atoms with E-state index >= 15 is 0 Å². The molecule has 1 saturated carbocycles. The molecule has 5 heteroatoms. The number of thioether (sulfide) groups is 1. The van der Waals surface area contributed by atoms with Crippen LogP contribution in [0, 0.1) is 6.92 Å². The predicted molar refractivity (Wildman–Crippen MR) is 90.9 cm³/mol. The number of amides is 1. The number of thiocarbonyl (C=S) groups is 1. The van der Waals surface area contributed by atoms with E-state index in [0.29, 0.717) is 6.04 Å².